The summed E-state index contributed by atoms with van der Waals surface area (Å²) in [6.07, 6.45) is 10.3. The quantitative estimate of drug-likeness (QED) is 0.580. The number of rotatable bonds is 5. The summed E-state index contributed by atoms with van der Waals surface area (Å²) >= 11 is 6.17. The van der Waals surface area contributed by atoms with Crippen LogP contribution in [0.1, 0.15) is 57.2 Å². The molecular weight excluding hydrogens is 424 g/mol. The van der Waals surface area contributed by atoms with Crippen molar-refractivity contribution in [2.75, 3.05) is 5.32 Å². The molecule has 168 valence electrons. The Labute approximate surface area is 193 Å². The second kappa shape index (κ2) is 9.06. The van der Waals surface area contributed by atoms with Crippen molar-refractivity contribution in [3.63, 3.8) is 0 Å². The molecule has 7 nitrogen and oxygen atoms in total. The van der Waals surface area contributed by atoms with E-state index in [2.05, 4.69) is 25.7 Å². The topological polar surface area (TPSA) is 84.7 Å². The van der Waals surface area contributed by atoms with Crippen LogP contribution in [0.25, 0.3) is 16.7 Å². The van der Waals surface area contributed by atoms with E-state index in [1.165, 1.54) is 12.8 Å². The maximum Gasteiger partial charge on any atom is 0.223 e. The van der Waals surface area contributed by atoms with Gasteiger partial charge in [0.05, 0.1) is 17.3 Å². The Kier molecular flexibility index (Phi) is 6.00. The summed E-state index contributed by atoms with van der Waals surface area (Å²) in [7, 11) is 0. The first-order chi connectivity index (χ1) is 15.6. The second-order valence-electron chi connectivity index (χ2n) is 9.08. The summed E-state index contributed by atoms with van der Waals surface area (Å²) in [6.45, 7) is 1.90. The number of anilines is 1. The summed E-state index contributed by atoms with van der Waals surface area (Å²) in [5, 5.41) is 13.0. The van der Waals surface area contributed by atoms with Gasteiger partial charge in [0.25, 0.3) is 0 Å². The van der Waals surface area contributed by atoms with E-state index in [4.69, 9.17) is 11.6 Å². The molecule has 0 saturated heterocycles. The van der Waals surface area contributed by atoms with E-state index in [0.717, 1.165) is 61.1 Å². The Bertz CT molecular complexity index is 1110. The highest BCUT2D eigenvalue weighted by atomic mass is 35.5. The number of aromatic nitrogens is 4. The fourth-order valence-electron chi connectivity index (χ4n) is 5.01. The fourth-order valence-corrected chi connectivity index (χ4v) is 5.19. The molecule has 0 aliphatic heterocycles. The number of benzene rings is 1. The highest BCUT2D eigenvalue weighted by Gasteiger charge is 2.28. The lowest BCUT2D eigenvalue weighted by atomic mass is 9.90. The Morgan fingerprint density at radius 1 is 1.06 bits per heavy atom. The monoisotopic (exact) mass is 452 g/mol. The van der Waals surface area contributed by atoms with E-state index in [1.807, 2.05) is 37.4 Å². The van der Waals surface area contributed by atoms with Gasteiger partial charge in [-0.3, -0.25) is 4.79 Å². The van der Waals surface area contributed by atoms with Crippen molar-refractivity contribution in [2.45, 2.75) is 70.4 Å². The van der Waals surface area contributed by atoms with Gasteiger partial charge in [0.15, 0.2) is 5.65 Å². The fraction of sp³-hybridized carbons (Fsp3) is 0.500. The largest absolute Gasteiger partial charge is 0.367 e. The predicted molar refractivity (Wildman–Crippen MR) is 126 cm³/mol. The molecule has 0 atom stereocenters. The van der Waals surface area contributed by atoms with E-state index in [1.54, 1.807) is 4.68 Å². The van der Waals surface area contributed by atoms with Crippen LogP contribution in [-0.2, 0) is 4.79 Å². The zero-order valence-electron chi connectivity index (χ0n) is 18.4. The van der Waals surface area contributed by atoms with E-state index in [-0.39, 0.29) is 11.8 Å². The zero-order chi connectivity index (χ0) is 22.1. The number of carbonyl (C=O) groups is 1. The van der Waals surface area contributed by atoms with Crippen molar-refractivity contribution in [1.82, 2.24) is 25.1 Å². The number of hydrogen-bond donors (Lipinski definition) is 2. The average molecular weight is 453 g/mol. The first kappa shape index (κ1) is 21.2. The molecule has 5 rings (SSSR count). The molecule has 2 aliphatic carbocycles. The van der Waals surface area contributed by atoms with Gasteiger partial charge in [-0.05, 0) is 63.6 Å². The number of nitrogens with one attached hydrogen (secondary N) is 2. The molecule has 3 aromatic rings. The van der Waals surface area contributed by atoms with Crippen molar-refractivity contribution in [3.8, 4) is 5.69 Å². The molecule has 2 aliphatic rings. The molecule has 1 aromatic carbocycles. The Hall–Kier alpha value is -2.67. The first-order valence-corrected chi connectivity index (χ1v) is 12.0. The van der Waals surface area contributed by atoms with Crippen LogP contribution in [-0.4, -0.2) is 37.7 Å². The number of hydrogen-bond acceptors (Lipinski definition) is 5. The maximum absolute atomic E-state index is 12.4. The molecule has 2 saturated carbocycles. The smallest absolute Gasteiger partial charge is 0.223 e. The third-order valence-electron chi connectivity index (χ3n) is 6.73. The zero-order valence-corrected chi connectivity index (χ0v) is 19.1. The van der Waals surface area contributed by atoms with E-state index in [0.29, 0.717) is 22.9 Å². The van der Waals surface area contributed by atoms with Gasteiger partial charge in [0.2, 0.25) is 5.91 Å². The summed E-state index contributed by atoms with van der Waals surface area (Å²) in [6, 6.07) is 8.20. The van der Waals surface area contributed by atoms with Crippen molar-refractivity contribution in [1.29, 1.82) is 0 Å². The van der Waals surface area contributed by atoms with Gasteiger partial charge in [0, 0.05) is 23.0 Å². The number of halogens is 1. The normalized spacial score (nSPS) is 21.7. The van der Waals surface area contributed by atoms with Gasteiger partial charge in [-0.25, -0.2) is 14.6 Å². The summed E-state index contributed by atoms with van der Waals surface area (Å²) in [4.78, 5) is 21.8. The number of fused-ring (bicyclic) bond motifs is 1. The maximum atomic E-state index is 12.4. The number of carbonyl (C=O) groups excluding carboxylic acids is 1. The van der Waals surface area contributed by atoms with Gasteiger partial charge in [0.1, 0.15) is 11.6 Å². The SMILES string of the molecule is Cc1nc(NC2CCC(NC(=O)C3CCCC3)CC2)c2cnn(-c3cccc(Cl)c3)c2n1. The predicted octanol–water partition coefficient (Wildman–Crippen LogP) is 4.81. The molecule has 2 heterocycles. The number of nitrogens with zero attached hydrogens (tertiary/aromatic N) is 4. The van der Waals surface area contributed by atoms with Crippen LogP contribution in [0.2, 0.25) is 5.02 Å². The standard InChI is InChI=1S/C24H29ClN6O/c1-15-27-22(21-14-26-31(23(21)28-15)20-8-4-7-17(25)13-20)29-18-9-11-19(12-10-18)30-24(32)16-5-2-3-6-16/h4,7-8,13-14,16,18-19H,2-3,5-6,9-12H2,1H3,(H,30,32)(H,27,28,29). The Morgan fingerprint density at radius 3 is 2.56 bits per heavy atom. The van der Waals surface area contributed by atoms with E-state index < -0.39 is 0 Å². The van der Waals surface area contributed by atoms with Gasteiger partial charge in [-0.1, -0.05) is 30.5 Å². The van der Waals surface area contributed by atoms with Crippen LogP contribution in [0.5, 0.6) is 0 Å². The van der Waals surface area contributed by atoms with Gasteiger partial charge in [-0.15, -0.1) is 0 Å². The second-order valence-corrected chi connectivity index (χ2v) is 9.51. The van der Waals surface area contributed by atoms with Gasteiger partial charge < -0.3 is 10.6 Å². The van der Waals surface area contributed by atoms with E-state index >= 15 is 0 Å². The Morgan fingerprint density at radius 2 is 1.81 bits per heavy atom. The van der Waals surface area contributed by atoms with E-state index in [9.17, 15) is 4.79 Å². The third kappa shape index (κ3) is 4.44. The van der Waals surface area contributed by atoms with Crippen LogP contribution < -0.4 is 10.6 Å². The van der Waals surface area contributed by atoms with Crippen molar-refractivity contribution >= 4 is 34.4 Å². The molecule has 32 heavy (non-hydrogen) atoms. The minimum Gasteiger partial charge on any atom is -0.367 e. The highest BCUT2D eigenvalue weighted by molar-refractivity contribution is 6.30. The van der Waals surface area contributed by atoms with Crippen LogP contribution in [0.4, 0.5) is 5.82 Å². The van der Waals surface area contributed by atoms with Crippen molar-refractivity contribution in [3.05, 3.63) is 41.3 Å². The van der Waals surface area contributed by atoms with Crippen LogP contribution >= 0.6 is 11.6 Å². The summed E-state index contributed by atoms with van der Waals surface area (Å²) in [5.74, 6) is 2.01. The summed E-state index contributed by atoms with van der Waals surface area (Å²) < 4.78 is 1.80. The Balaban J connectivity index is 1.27. The molecule has 1 amide bonds. The van der Waals surface area contributed by atoms with Crippen molar-refractivity contribution in [2.24, 2.45) is 5.92 Å². The first-order valence-electron chi connectivity index (χ1n) is 11.6. The van der Waals surface area contributed by atoms with Crippen LogP contribution in [0.15, 0.2) is 30.5 Å². The lowest BCUT2D eigenvalue weighted by Gasteiger charge is -2.30. The van der Waals surface area contributed by atoms with Crippen LogP contribution in [0.3, 0.4) is 0 Å². The molecule has 0 bridgehead atoms. The molecule has 0 unspecified atom stereocenters. The van der Waals surface area contributed by atoms with Crippen LogP contribution in [0, 0.1) is 12.8 Å². The minimum atomic E-state index is 0.235. The lowest BCUT2D eigenvalue weighted by Crippen LogP contribution is -2.42. The molecule has 0 radical (unpaired) electrons. The molecule has 2 N–H and O–H groups in total. The van der Waals surface area contributed by atoms with Gasteiger partial charge >= 0.3 is 0 Å². The lowest BCUT2D eigenvalue weighted by molar-refractivity contribution is -0.125. The molecule has 2 fully saturated rings. The summed E-state index contributed by atoms with van der Waals surface area (Å²) in [5.41, 5.74) is 1.63. The molecule has 0 spiro atoms. The molecular formula is C24H29ClN6O. The third-order valence-corrected chi connectivity index (χ3v) is 6.97. The minimum absolute atomic E-state index is 0.235. The molecule has 8 heteroatoms. The molecule has 2 aromatic heterocycles. The number of aryl methyl sites for hydroxylation is 1. The van der Waals surface area contributed by atoms with Crippen molar-refractivity contribution < 1.29 is 4.79 Å². The average Bonchev–Trinajstić information content (AvgIpc) is 3.45. The van der Waals surface area contributed by atoms with Gasteiger partial charge in [-0.2, -0.15) is 5.10 Å². The number of amides is 1. The highest BCUT2D eigenvalue weighted by Crippen LogP contribution is 2.29.